The third-order valence-corrected chi connectivity index (χ3v) is 4.09. The Morgan fingerprint density at radius 3 is 2.52 bits per heavy atom. The molecule has 1 fully saturated rings. The summed E-state index contributed by atoms with van der Waals surface area (Å²) in [7, 11) is 0. The minimum Gasteiger partial charge on any atom is -0.487 e. The van der Waals surface area contributed by atoms with Crippen LogP contribution in [0.2, 0.25) is 0 Å². The molecule has 1 aromatic rings. The molecular formula is C18H24N2O7. The summed E-state index contributed by atoms with van der Waals surface area (Å²) in [6, 6.07) is 1.34. The number of esters is 2. The first-order valence-electron chi connectivity index (χ1n) is 8.74. The zero-order valence-corrected chi connectivity index (χ0v) is 16.1. The Bertz CT molecular complexity index is 757. The maximum Gasteiger partial charge on any atom is 0.329 e. The Morgan fingerprint density at radius 1 is 1.33 bits per heavy atom. The van der Waals surface area contributed by atoms with Crippen molar-refractivity contribution in [3.05, 3.63) is 28.1 Å². The molecule has 1 heterocycles. The Hall–Kier alpha value is -2.71. The van der Waals surface area contributed by atoms with Gasteiger partial charge >= 0.3 is 17.6 Å². The van der Waals surface area contributed by atoms with Crippen LogP contribution in [-0.2, 0) is 24.5 Å². The van der Waals surface area contributed by atoms with Gasteiger partial charge in [-0.25, -0.2) is 0 Å². The highest BCUT2D eigenvalue weighted by Crippen LogP contribution is 2.56. The maximum atomic E-state index is 12.9. The molecule has 9 nitrogen and oxygen atoms in total. The second-order valence-electron chi connectivity index (χ2n) is 7.21. The average molecular weight is 380 g/mol. The van der Waals surface area contributed by atoms with Gasteiger partial charge in [0.25, 0.3) is 0 Å². The summed E-state index contributed by atoms with van der Waals surface area (Å²) in [6.07, 6.45) is 1.20. The number of carbonyl (C=O) groups is 2. The lowest BCUT2D eigenvalue weighted by Crippen LogP contribution is -2.35. The van der Waals surface area contributed by atoms with Gasteiger partial charge in [-0.15, -0.1) is 0 Å². The number of carbonyl (C=O) groups excluding carboxylic acids is 2. The SMILES string of the molecule is CCOC(=O)C1CC1(C(=O)OC(C)(C)C)c1cc(OCC)c([N+](=O)[O-])cn1. The third-order valence-electron chi connectivity index (χ3n) is 4.09. The van der Waals surface area contributed by atoms with Crippen molar-refractivity contribution >= 4 is 17.6 Å². The quantitative estimate of drug-likeness (QED) is 0.402. The zero-order valence-electron chi connectivity index (χ0n) is 16.1. The van der Waals surface area contributed by atoms with Crippen molar-refractivity contribution in [3.63, 3.8) is 0 Å². The first kappa shape index (κ1) is 20.6. The molecule has 1 aromatic heterocycles. The van der Waals surface area contributed by atoms with Gasteiger partial charge in [-0.1, -0.05) is 0 Å². The van der Waals surface area contributed by atoms with Gasteiger partial charge in [0.2, 0.25) is 5.75 Å². The van der Waals surface area contributed by atoms with Crippen LogP contribution in [0, 0.1) is 16.0 Å². The highest BCUT2D eigenvalue weighted by Gasteiger charge is 2.68. The fourth-order valence-electron chi connectivity index (χ4n) is 2.85. The number of hydrogen-bond acceptors (Lipinski definition) is 8. The van der Waals surface area contributed by atoms with Crippen molar-refractivity contribution in [2.24, 2.45) is 5.92 Å². The minimum absolute atomic E-state index is 0.00931. The van der Waals surface area contributed by atoms with E-state index in [4.69, 9.17) is 14.2 Å². The van der Waals surface area contributed by atoms with Crippen LogP contribution in [0.3, 0.4) is 0 Å². The molecule has 1 saturated carbocycles. The van der Waals surface area contributed by atoms with E-state index in [1.165, 1.54) is 6.07 Å². The summed E-state index contributed by atoms with van der Waals surface area (Å²) in [6.45, 7) is 8.89. The van der Waals surface area contributed by atoms with Crippen molar-refractivity contribution in [3.8, 4) is 5.75 Å². The van der Waals surface area contributed by atoms with Crippen LogP contribution in [0.1, 0.15) is 46.7 Å². The van der Waals surface area contributed by atoms with E-state index >= 15 is 0 Å². The minimum atomic E-state index is -1.33. The molecule has 2 atom stereocenters. The Labute approximate surface area is 157 Å². The molecule has 2 unspecified atom stereocenters. The van der Waals surface area contributed by atoms with Gasteiger partial charge in [-0.05, 0) is 41.0 Å². The molecule has 0 spiro atoms. The van der Waals surface area contributed by atoms with E-state index in [9.17, 15) is 19.7 Å². The second kappa shape index (κ2) is 7.50. The number of hydrogen-bond donors (Lipinski definition) is 0. The molecule has 27 heavy (non-hydrogen) atoms. The summed E-state index contributed by atoms with van der Waals surface area (Å²) >= 11 is 0. The van der Waals surface area contributed by atoms with Gasteiger partial charge in [0, 0.05) is 6.07 Å². The van der Waals surface area contributed by atoms with E-state index in [0.29, 0.717) is 0 Å². The van der Waals surface area contributed by atoms with Crippen molar-refractivity contribution < 1.29 is 28.7 Å². The monoisotopic (exact) mass is 380 g/mol. The highest BCUT2D eigenvalue weighted by atomic mass is 16.6. The van der Waals surface area contributed by atoms with E-state index in [0.717, 1.165) is 6.20 Å². The summed E-state index contributed by atoms with van der Waals surface area (Å²) in [5.74, 6) is -1.90. The number of aromatic nitrogens is 1. The van der Waals surface area contributed by atoms with E-state index in [-0.39, 0.29) is 36.8 Å². The summed E-state index contributed by atoms with van der Waals surface area (Å²) in [5, 5.41) is 11.2. The molecule has 0 amide bonds. The van der Waals surface area contributed by atoms with Crippen LogP contribution in [0.5, 0.6) is 5.75 Å². The van der Waals surface area contributed by atoms with E-state index in [2.05, 4.69) is 4.98 Å². The predicted octanol–water partition coefficient (Wildman–Crippen LogP) is 2.55. The smallest absolute Gasteiger partial charge is 0.329 e. The van der Waals surface area contributed by atoms with Crippen LogP contribution in [0.15, 0.2) is 12.3 Å². The first-order chi connectivity index (χ1) is 12.6. The molecule has 0 bridgehead atoms. The molecule has 0 saturated heterocycles. The lowest BCUT2D eigenvalue weighted by atomic mass is 9.97. The molecule has 1 aliphatic carbocycles. The number of nitro groups is 1. The van der Waals surface area contributed by atoms with E-state index < -0.39 is 33.8 Å². The molecule has 2 rings (SSSR count). The number of pyridine rings is 1. The summed E-state index contributed by atoms with van der Waals surface area (Å²) in [4.78, 5) is 39.8. The predicted molar refractivity (Wildman–Crippen MR) is 94.3 cm³/mol. The maximum absolute atomic E-state index is 12.9. The van der Waals surface area contributed by atoms with Crippen LogP contribution in [-0.4, -0.2) is 40.7 Å². The van der Waals surface area contributed by atoms with Crippen LogP contribution < -0.4 is 4.74 Å². The molecular weight excluding hydrogens is 356 g/mol. The average Bonchev–Trinajstić information content (AvgIpc) is 3.30. The van der Waals surface area contributed by atoms with Crippen LogP contribution in [0.4, 0.5) is 5.69 Å². The Kier molecular flexibility index (Phi) is 5.72. The van der Waals surface area contributed by atoms with Gasteiger partial charge in [-0.2, -0.15) is 0 Å². The van der Waals surface area contributed by atoms with Gasteiger partial charge in [0.1, 0.15) is 17.2 Å². The lowest BCUT2D eigenvalue weighted by Gasteiger charge is -2.24. The summed E-state index contributed by atoms with van der Waals surface area (Å²) < 4.78 is 15.9. The number of nitrogens with zero attached hydrogens (tertiary/aromatic N) is 2. The van der Waals surface area contributed by atoms with Crippen molar-refractivity contribution in [1.29, 1.82) is 0 Å². The standard InChI is InChI=1S/C18H24N2O7/c1-6-25-13-8-14(19-10-12(13)20(23)24)18(16(22)27-17(3,4)5)9-11(18)15(21)26-7-2/h8,10-11H,6-7,9H2,1-5H3. The molecule has 0 aliphatic heterocycles. The molecule has 9 heteroatoms. The molecule has 0 radical (unpaired) electrons. The Balaban J connectivity index is 2.49. The molecule has 0 aromatic carbocycles. The van der Waals surface area contributed by atoms with Crippen molar-refractivity contribution in [2.45, 2.75) is 52.1 Å². The molecule has 0 N–H and O–H groups in total. The largest absolute Gasteiger partial charge is 0.487 e. The zero-order chi connectivity index (χ0) is 20.4. The lowest BCUT2D eigenvalue weighted by molar-refractivity contribution is -0.386. The van der Waals surface area contributed by atoms with Gasteiger partial charge in [0.15, 0.2) is 0 Å². The van der Waals surface area contributed by atoms with Crippen LogP contribution >= 0.6 is 0 Å². The highest BCUT2D eigenvalue weighted by molar-refractivity contribution is 5.96. The van der Waals surface area contributed by atoms with Gasteiger partial charge in [-0.3, -0.25) is 24.7 Å². The number of rotatable bonds is 7. The van der Waals surface area contributed by atoms with Crippen molar-refractivity contribution in [1.82, 2.24) is 4.98 Å². The fraction of sp³-hybridized carbons (Fsp3) is 0.611. The normalized spacial score (nSPS) is 21.3. The molecule has 1 aliphatic rings. The van der Waals surface area contributed by atoms with Gasteiger partial charge in [0.05, 0.1) is 29.7 Å². The van der Waals surface area contributed by atoms with Crippen molar-refractivity contribution in [2.75, 3.05) is 13.2 Å². The topological polar surface area (TPSA) is 118 Å². The van der Waals surface area contributed by atoms with Gasteiger partial charge < -0.3 is 14.2 Å². The fourth-order valence-corrected chi connectivity index (χ4v) is 2.85. The molecule has 148 valence electrons. The third kappa shape index (κ3) is 4.17. The number of ether oxygens (including phenoxy) is 3. The first-order valence-corrected chi connectivity index (χ1v) is 8.74. The van der Waals surface area contributed by atoms with Crippen LogP contribution in [0.25, 0.3) is 0 Å². The Morgan fingerprint density at radius 2 is 2.00 bits per heavy atom. The van der Waals surface area contributed by atoms with E-state index in [1.54, 1.807) is 34.6 Å². The second-order valence-corrected chi connectivity index (χ2v) is 7.21. The van der Waals surface area contributed by atoms with E-state index in [1.807, 2.05) is 0 Å². The summed E-state index contributed by atoms with van der Waals surface area (Å²) in [5.41, 5.74) is -2.22.